The van der Waals surface area contributed by atoms with Gasteiger partial charge in [-0.3, -0.25) is 4.79 Å². The first kappa shape index (κ1) is 12.9. The van der Waals surface area contributed by atoms with E-state index in [-0.39, 0.29) is 18.3 Å². The first-order valence-corrected chi connectivity index (χ1v) is 5.61. The van der Waals surface area contributed by atoms with E-state index in [9.17, 15) is 4.79 Å². The Labute approximate surface area is 114 Å². The molecule has 1 aromatic heterocycles. The van der Waals surface area contributed by atoms with Crippen LogP contribution in [0.15, 0.2) is 23.3 Å². The second-order valence-corrected chi connectivity index (χ2v) is 4.28. The van der Waals surface area contributed by atoms with Gasteiger partial charge in [-0.25, -0.2) is 10.4 Å². The summed E-state index contributed by atoms with van der Waals surface area (Å²) in [5.74, 6) is 0.621. The van der Waals surface area contributed by atoms with Gasteiger partial charge < -0.3 is 4.98 Å². The van der Waals surface area contributed by atoms with Crippen molar-refractivity contribution in [3.05, 3.63) is 29.0 Å². The number of amides is 1. The monoisotopic (exact) mass is 284 g/mol. The van der Waals surface area contributed by atoms with Gasteiger partial charge >= 0.3 is 0 Å². The van der Waals surface area contributed by atoms with Crippen molar-refractivity contribution in [1.29, 1.82) is 0 Å². The van der Waals surface area contributed by atoms with Gasteiger partial charge in [0.25, 0.3) is 0 Å². The van der Waals surface area contributed by atoms with Gasteiger partial charge in [0.15, 0.2) is 5.82 Å². The van der Waals surface area contributed by atoms with Crippen LogP contribution in [-0.2, 0) is 4.79 Å². The minimum atomic E-state index is -0.0621. The molecular formula is C11H10Cl2N4O. The maximum absolute atomic E-state index is 11.0. The molecule has 0 fully saturated rings. The van der Waals surface area contributed by atoms with Crippen LogP contribution in [0, 0.1) is 0 Å². The topological polar surface area (TPSA) is 70.1 Å². The molecule has 0 saturated carbocycles. The number of rotatable bonds is 1. The highest BCUT2D eigenvalue weighted by atomic mass is 35.5. The van der Waals surface area contributed by atoms with Crippen molar-refractivity contribution in [3.8, 4) is 0 Å². The van der Waals surface area contributed by atoms with E-state index in [0.29, 0.717) is 23.7 Å². The van der Waals surface area contributed by atoms with Gasteiger partial charge in [0.05, 0.1) is 11.0 Å². The average molecular weight is 285 g/mol. The molecule has 0 bridgehead atoms. The van der Waals surface area contributed by atoms with Crippen LogP contribution >= 0.6 is 24.0 Å². The second kappa shape index (κ2) is 4.96. The van der Waals surface area contributed by atoms with Crippen molar-refractivity contribution in [2.24, 2.45) is 5.10 Å². The fourth-order valence-electron chi connectivity index (χ4n) is 1.76. The van der Waals surface area contributed by atoms with Crippen molar-refractivity contribution in [3.63, 3.8) is 0 Å². The van der Waals surface area contributed by atoms with Gasteiger partial charge in [0.2, 0.25) is 5.91 Å². The van der Waals surface area contributed by atoms with Gasteiger partial charge in [-0.05, 0) is 18.2 Å². The number of benzene rings is 1. The maximum Gasteiger partial charge on any atom is 0.240 e. The van der Waals surface area contributed by atoms with Crippen LogP contribution < -0.4 is 5.43 Å². The number of aromatic amines is 1. The molecule has 3 rings (SSSR count). The fraction of sp³-hybridized carbons (Fsp3) is 0.182. The van der Waals surface area contributed by atoms with Gasteiger partial charge in [0.1, 0.15) is 5.71 Å². The van der Waals surface area contributed by atoms with E-state index in [2.05, 4.69) is 20.5 Å². The second-order valence-electron chi connectivity index (χ2n) is 3.84. The van der Waals surface area contributed by atoms with E-state index in [1.807, 2.05) is 12.1 Å². The number of fused-ring (bicyclic) bond motifs is 1. The molecule has 7 heteroatoms. The third-order valence-electron chi connectivity index (χ3n) is 2.62. The summed E-state index contributed by atoms with van der Waals surface area (Å²) in [6.07, 6.45) is 1.04. The van der Waals surface area contributed by atoms with Crippen molar-refractivity contribution in [1.82, 2.24) is 15.4 Å². The lowest BCUT2D eigenvalue weighted by Gasteiger charge is -2.08. The van der Waals surface area contributed by atoms with E-state index >= 15 is 0 Å². The van der Waals surface area contributed by atoms with Crippen LogP contribution in [0.2, 0.25) is 5.02 Å². The highest BCUT2D eigenvalue weighted by Gasteiger charge is 2.16. The summed E-state index contributed by atoms with van der Waals surface area (Å²) in [6, 6.07) is 5.45. The number of nitrogens with zero attached hydrogens (tertiary/aromatic N) is 2. The zero-order valence-corrected chi connectivity index (χ0v) is 10.8. The standard InChI is InChI=1S/C11H9ClN4O.ClH/c12-6-1-2-7-9(5-6)14-11(13-7)8-3-4-10(17)16-15-8;/h1-2,5H,3-4H2,(H,13,14)(H,16,17);1H. The summed E-state index contributed by atoms with van der Waals surface area (Å²) in [5.41, 5.74) is 4.92. The number of carbonyl (C=O) groups excluding carboxylic acids is 1. The smallest absolute Gasteiger partial charge is 0.240 e. The van der Waals surface area contributed by atoms with Crippen molar-refractivity contribution < 1.29 is 4.79 Å². The summed E-state index contributed by atoms with van der Waals surface area (Å²) < 4.78 is 0. The molecule has 5 nitrogen and oxygen atoms in total. The third-order valence-corrected chi connectivity index (χ3v) is 2.86. The third kappa shape index (κ3) is 2.32. The molecular weight excluding hydrogens is 275 g/mol. The van der Waals surface area contributed by atoms with Gasteiger partial charge in [-0.1, -0.05) is 11.6 Å². The van der Waals surface area contributed by atoms with Crippen LogP contribution in [0.1, 0.15) is 18.7 Å². The molecule has 94 valence electrons. The molecule has 1 aliphatic rings. The molecule has 0 saturated heterocycles. The summed E-state index contributed by atoms with van der Waals surface area (Å²) >= 11 is 5.90. The molecule has 2 N–H and O–H groups in total. The highest BCUT2D eigenvalue weighted by Crippen LogP contribution is 2.18. The quantitative estimate of drug-likeness (QED) is 0.843. The number of H-pyrrole nitrogens is 1. The van der Waals surface area contributed by atoms with Crippen molar-refractivity contribution in [2.45, 2.75) is 12.8 Å². The minimum Gasteiger partial charge on any atom is -0.337 e. The molecule has 2 heterocycles. The largest absolute Gasteiger partial charge is 0.337 e. The average Bonchev–Trinajstić information content (AvgIpc) is 2.72. The Morgan fingerprint density at radius 2 is 2.11 bits per heavy atom. The summed E-state index contributed by atoms with van der Waals surface area (Å²) in [5, 5.41) is 4.65. The number of nitrogens with one attached hydrogen (secondary N) is 2. The number of hydrogen-bond donors (Lipinski definition) is 2. The lowest BCUT2D eigenvalue weighted by molar-refractivity contribution is -0.121. The van der Waals surface area contributed by atoms with Gasteiger partial charge in [-0.15, -0.1) is 12.4 Å². The lowest BCUT2D eigenvalue weighted by Crippen LogP contribution is -2.26. The molecule has 0 aliphatic carbocycles. The Hall–Kier alpha value is -1.59. The predicted molar refractivity (Wildman–Crippen MR) is 72.3 cm³/mol. The van der Waals surface area contributed by atoms with Crippen molar-refractivity contribution >= 4 is 46.7 Å². The zero-order valence-electron chi connectivity index (χ0n) is 9.24. The van der Waals surface area contributed by atoms with E-state index in [1.54, 1.807) is 6.07 Å². The van der Waals surface area contributed by atoms with Gasteiger partial charge in [-0.2, -0.15) is 5.10 Å². The van der Waals surface area contributed by atoms with Crippen molar-refractivity contribution in [2.75, 3.05) is 0 Å². The molecule has 0 atom stereocenters. The van der Waals surface area contributed by atoms with E-state index in [4.69, 9.17) is 11.6 Å². The number of hydrogen-bond acceptors (Lipinski definition) is 3. The van der Waals surface area contributed by atoms with Crippen LogP contribution in [0.5, 0.6) is 0 Å². The molecule has 1 amide bonds. The minimum absolute atomic E-state index is 0. The molecule has 1 aromatic carbocycles. The summed E-state index contributed by atoms with van der Waals surface area (Å²) in [4.78, 5) is 18.5. The summed E-state index contributed by atoms with van der Waals surface area (Å²) in [7, 11) is 0. The number of hydrazone groups is 1. The molecule has 18 heavy (non-hydrogen) atoms. The highest BCUT2D eigenvalue weighted by molar-refractivity contribution is 6.31. The lowest BCUT2D eigenvalue weighted by atomic mass is 10.2. The molecule has 0 unspecified atom stereocenters. The van der Waals surface area contributed by atoms with Crippen LogP contribution in [0.25, 0.3) is 11.0 Å². The fourth-order valence-corrected chi connectivity index (χ4v) is 1.94. The first-order valence-electron chi connectivity index (χ1n) is 5.23. The number of carbonyl (C=O) groups is 1. The molecule has 0 spiro atoms. The van der Waals surface area contributed by atoms with Crippen LogP contribution in [-0.4, -0.2) is 21.6 Å². The Morgan fingerprint density at radius 3 is 2.83 bits per heavy atom. The van der Waals surface area contributed by atoms with E-state index < -0.39 is 0 Å². The van der Waals surface area contributed by atoms with Crippen LogP contribution in [0.3, 0.4) is 0 Å². The van der Waals surface area contributed by atoms with E-state index in [0.717, 1.165) is 16.7 Å². The number of imidazole rings is 1. The predicted octanol–water partition coefficient (Wildman–Crippen LogP) is 2.25. The zero-order chi connectivity index (χ0) is 11.8. The molecule has 1 aliphatic heterocycles. The van der Waals surface area contributed by atoms with E-state index in [1.165, 1.54) is 0 Å². The normalized spacial score (nSPS) is 14.9. The summed E-state index contributed by atoms with van der Waals surface area (Å²) in [6.45, 7) is 0. The Morgan fingerprint density at radius 1 is 1.28 bits per heavy atom. The maximum atomic E-state index is 11.0. The molecule has 2 aromatic rings. The first-order chi connectivity index (χ1) is 8.22. The number of aromatic nitrogens is 2. The SMILES string of the molecule is Cl.O=C1CCC(c2nc3ccc(Cl)cc3[nH]2)=NN1. The Balaban J connectivity index is 0.00000120. The molecule has 0 radical (unpaired) electrons. The Kier molecular flexibility index (Phi) is 3.54. The van der Waals surface area contributed by atoms with Crippen LogP contribution in [0.4, 0.5) is 0 Å². The number of halogens is 2. The van der Waals surface area contributed by atoms with Gasteiger partial charge in [0, 0.05) is 17.9 Å². The Bertz CT molecular complexity index is 635.